The molecule has 14 heavy (non-hydrogen) atoms. The van der Waals surface area contributed by atoms with E-state index in [0.717, 1.165) is 5.69 Å². The number of sulfone groups is 1. The third kappa shape index (κ3) is 2.21. The predicted octanol–water partition coefficient (Wildman–Crippen LogP) is 0.192. The van der Waals surface area contributed by atoms with Gasteiger partial charge in [0.2, 0.25) is 0 Å². The van der Waals surface area contributed by atoms with Crippen LogP contribution in [0, 0.1) is 0 Å². The second-order valence-corrected chi connectivity index (χ2v) is 5.33. The standard InChI is InChI=1S/C10H11NO2S/c12-14(13)7-6-10(8-14)11-9-4-2-1-3-5-9/h1-7,10-11H,8H2/p+1. The van der Waals surface area contributed by atoms with Crippen molar-refractivity contribution >= 4 is 15.5 Å². The fraction of sp³-hybridized carbons (Fsp3) is 0.200. The van der Waals surface area contributed by atoms with Crippen LogP contribution in [0.5, 0.6) is 0 Å². The zero-order valence-electron chi connectivity index (χ0n) is 7.63. The highest BCUT2D eigenvalue weighted by Crippen LogP contribution is 2.06. The number of benzene rings is 1. The minimum Gasteiger partial charge on any atom is -0.307 e. The van der Waals surface area contributed by atoms with Crippen molar-refractivity contribution in [3.8, 4) is 0 Å². The molecule has 0 aliphatic carbocycles. The summed E-state index contributed by atoms with van der Waals surface area (Å²) in [6.45, 7) is 0. The molecule has 0 amide bonds. The van der Waals surface area contributed by atoms with Crippen LogP contribution in [0.15, 0.2) is 41.8 Å². The molecule has 0 fully saturated rings. The van der Waals surface area contributed by atoms with Crippen LogP contribution in [0.4, 0.5) is 5.69 Å². The number of para-hydroxylation sites is 1. The first-order valence-electron chi connectivity index (χ1n) is 4.47. The van der Waals surface area contributed by atoms with E-state index >= 15 is 0 Å². The zero-order chi connectivity index (χ0) is 10.0. The lowest BCUT2D eigenvalue weighted by Crippen LogP contribution is -2.84. The average molecular weight is 210 g/mol. The van der Waals surface area contributed by atoms with E-state index in [2.05, 4.69) is 0 Å². The van der Waals surface area contributed by atoms with Gasteiger partial charge >= 0.3 is 0 Å². The Labute approximate surface area is 83.4 Å². The first-order chi connectivity index (χ1) is 6.66. The molecule has 2 rings (SSSR count). The second-order valence-electron chi connectivity index (χ2n) is 3.40. The van der Waals surface area contributed by atoms with Crippen LogP contribution in [0.1, 0.15) is 0 Å². The topological polar surface area (TPSA) is 50.8 Å². The normalized spacial score (nSPS) is 23.9. The van der Waals surface area contributed by atoms with E-state index in [-0.39, 0.29) is 11.8 Å². The summed E-state index contributed by atoms with van der Waals surface area (Å²) < 4.78 is 22.2. The summed E-state index contributed by atoms with van der Waals surface area (Å²) in [6.07, 6.45) is 1.74. The van der Waals surface area contributed by atoms with Crippen LogP contribution < -0.4 is 5.32 Å². The summed E-state index contributed by atoms with van der Waals surface area (Å²) in [7, 11) is -2.93. The largest absolute Gasteiger partial charge is 0.307 e. The van der Waals surface area contributed by atoms with E-state index in [9.17, 15) is 8.42 Å². The molecular formula is C10H12NO2S+. The van der Waals surface area contributed by atoms with E-state index in [4.69, 9.17) is 0 Å². The zero-order valence-corrected chi connectivity index (χ0v) is 8.44. The van der Waals surface area contributed by atoms with Crippen LogP contribution in [-0.4, -0.2) is 20.2 Å². The van der Waals surface area contributed by atoms with Gasteiger partial charge in [0.1, 0.15) is 17.5 Å². The molecule has 2 N–H and O–H groups in total. The van der Waals surface area contributed by atoms with Gasteiger partial charge in [-0.2, -0.15) is 0 Å². The molecule has 4 heteroatoms. The number of nitrogens with two attached hydrogens (primary N) is 1. The van der Waals surface area contributed by atoms with Crippen LogP contribution >= 0.6 is 0 Å². The Morgan fingerprint density at radius 2 is 1.93 bits per heavy atom. The molecule has 1 atom stereocenters. The van der Waals surface area contributed by atoms with Crippen LogP contribution in [0.3, 0.4) is 0 Å². The van der Waals surface area contributed by atoms with Crippen LogP contribution in [0.2, 0.25) is 0 Å². The first kappa shape index (κ1) is 9.43. The first-order valence-corrected chi connectivity index (χ1v) is 6.18. The molecule has 1 unspecified atom stereocenters. The van der Waals surface area contributed by atoms with Crippen LogP contribution in [-0.2, 0) is 9.84 Å². The van der Waals surface area contributed by atoms with Crippen molar-refractivity contribution < 1.29 is 13.7 Å². The molecule has 1 aliphatic rings. The Bertz CT molecular complexity index is 436. The Kier molecular flexibility index (Phi) is 2.39. The molecule has 0 radical (unpaired) electrons. The van der Waals surface area contributed by atoms with E-state index in [1.807, 2.05) is 35.6 Å². The highest BCUT2D eigenvalue weighted by Gasteiger charge is 2.24. The van der Waals surface area contributed by atoms with Crippen molar-refractivity contribution in [2.24, 2.45) is 0 Å². The molecule has 1 aromatic carbocycles. The summed E-state index contributed by atoms with van der Waals surface area (Å²) >= 11 is 0. The van der Waals surface area contributed by atoms with Crippen molar-refractivity contribution in [2.45, 2.75) is 6.04 Å². The van der Waals surface area contributed by atoms with Crippen molar-refractivity contribution in [3.05, 3.63) is 41.8 Å². The third-order valence-electron chi connectivity index (χ3n) is 2.16. The van der Waals surface area contributed by atoms with Gasteiger partial charge in [-0.05, 0) is 18.2 Å². The van der Waals surface area contributed by atoms with Crippen molar-refractivity contribution in [2.75, 3.05) is 5.75 Å². The van der Waals surface area contributed by atoms with Gasteiger partial charge in [-0.1, -0.05) is 18.2 Å². The van der Waals surface area contributed by atoms with E-state index in [0.29, 0.717) is 0 Å². The highest BCUT2D eigenvalue weighted by molar-refractivity contribution is 7.94. The molecule has 0 aromatic heterocycles. The second kappa shape index (κ2) is 3.55. The fourth-order valence-corrected chi connectivity index (χ4v) is 2.81. The highest BCUT2D eigenvalue weighted by atomic mass is 32.2. The van der Waals surface area contributed by atoms with E-state index in [1.54, 1.807) is 6.08 Å². The number of quaternary nitrogens is 1. The molecule has 0 bridgehead atoms. The van der Waals surface area contributed by atoms with Crippen molar-refractivity contribution in [3.63, 3.8) is 0 Å². The van der Waals surface area contributed by atoms with E-state index in [1.165, 1.54) is 5.41 Å². The average Bonchev–Trinajstić information content (AvgIpc) is 2.47. The van der Waals surface area contributed by atoms with Gasteiger partial charge in [0.15, 0.2) is 9.84 Å². The van der Waals surface area contributed by atoms with Gasteiger partial charge in [0, 0.05) is 5.41 Å². The SMILES string of the molecule is O=S1(=O)C=CC([NH2+]c2ccccc2)C1. The smallest absolute Gasteiger partial charge is 0.177 e. The molecule has 3 nitrogen and oxygen atoms in total. The molecule has 74 valence electrons. The van der Waals surface area contributed by atoms with Gasteiger partial charge in [-0.3, -0.25) is 0 Å². The summed E-state index contributed by atoms with van der Waals surface area (Å²) in [5, 5.41) is 3.28. The Morgan fingerprint density at radius 1 is 1.21 bits per heavy atom. The number of hydrogen-bond donors (Lipinski definition) is 1. The lowest BCUT2D eigenvalue weighted by molar-refractivity contribution is -0.593. The van der Waals surface area contributed by atoms with Crippen molar-refractivity contribution in [1.82, 2.24) is 0 Å². The maximum atomic E-state index is 11.1. The summed E-state index contributed by atoms with van der Waals surface area (Å²) in [5.74, 6) is 0.210. The Morgan fingerprint density at radius 3 is 2.50 bits per heavy atom. The lowest BCUT2D eigenvalue weighted by Gasteiger charge is -2.04. The summed E-state index contributed by atoms with van der Waals surface area (Å²) in [4.78, 5) is 0. The van der Waals surface area contributed by atoms with Gasteiger partial charge < -0.3 is 5.32 Å². The fourth-order valence-electron chi connectivity index (χ4n) is 1.51. The molecule has 0 saturated carbocycles. The summed E-state index contributed by atoms with van der Waals surface area (Å²) in [6, 6.07) is 9.80. The minimum atomic E-state index is -2.93. The molecule has 0 spiro atoms. The molecule has 1 heterocycles. The predicted molar refractivity (Wildman–Crippen MR) is 54.7 cm³/mol. The minimum absolute atomic E-state index is 0.0300. The quantitative estimate of drug-likeness (QED) is 0.709. The number of rotatable bonds is 2. The van der Waals surface area contributed by atoms with Gasteiger partial charge in [-0.25, -0.2) is 8.42 Å². The molecular weight excluding hydrogens is 198 g/mol. The van der Waals surface area contributed by atoms with Crippen LogP contribution in [0.25, 0.3) is 0 Å². The molecule has 0 saturated heterocycles. The van der Waals surface area contributed by atoms with Crippen molar-refractivity contribution in [1.29, 1.82) is 0 Å². The lowest BCUT2D eigenvalue weighted by atomic mass is 10.2. The monoisotopic (exact) mass is 210 g/mol. The molecule has 1 aromatic rings. The summed E-state index contributed by atoms with van der Waals surface area (Å²) in [5.41, 5.74) is 1.07. The maximum Gasteiger partial charge on any atom is 0.177 e. The van der Waals surface area contributed by atoms with Gasteiger partial charge in [0.05, 0.1) is 0 Å². The Hall–Kier alpha value is -1.13. The Balaban J connectivity index is 2.05. The maximum absolute atomic E-state index is 11.1. The molecule has 1 aliphatic heterocycles. The van der Waals surface area contributed by atoms with Gasteiger partial charge in [0.25, 0.3) is 0 Å². The number of hydrogen-bond acceptors (Lipinski definition) is 2. The third-order valence-corrected chi connectivity index (χ3v) is 3.59. The van der Waals surface area contributed by atoms with Gasteiger partial charge in [-0.15, -0.1) is 0 Å². The van der Waals surface area contributed by atoms with E-state index < -0.39 is 9.84 Å².